The number of nitrogens with zero attached hydrogens (tertiary/aromatic N) is 3. The quantitative estimate of drug-likeness (QED) is 0.588. The molecule has 0 saturated carbocycles. The van der Waals surface area contributed by atoms with Gasteiger partial charge in [-0.25, -0.2) is 0 Å². The van der Waals surface area contributed by atoms with E-state index >= 15 is 0 Å². The summed E-state index contributed by atoms with van der Waals surface area (Å²) in [7, 11) is 0. The number of amides is 1. The van der Waals surface area contributed by atoms with Gasteiger partial charge >= 0.3 is 0 Å². The van der Waals surface area contributed by atoms with Gasteiger partial charge in [-0.1, -0.05) is 36.4 Å². The Hall–Kier alpha value is -3.50. The highest BCUT2D eigenvalue weighted by Gasteiger charge is 2.18. The lowest BCUT2D eigenvalue weighted by Gasteiger charge is -2.34. The molecule has 0 aliphatic carbocycles. The van der Waals surface area contributed by atoms with Crippen LogP contribution in [-0.4, -0.2) is 48.7 Å². The topological polar surface area (TPSA) is 77.8 Å². The Morgan fingerprint density at radius 2 is 1.80 bits per heavy atom. The molecule has 154 valence electrons. The third-order valence-electron chi connectivity index (χ3n) is 5.22. The molecule has 0 unspecified atom stereocenters. The van der Waals surface area contributed by atoms with E-state index in [2.05, 4.69) is 34.5 Å². The molecule has 2 aromatic rings. The Labute approximate surface area is 176 Å². The van der Waals surface area contributed by atoms with Gasteiger partial charge in [0.2, 0.25) is 6.79 Å². The third-order valence-corrected chi connectivity index (χ3v) is 5.22. The molecular formula is C23H24N4O3. The number of nitrogens with one attached hydrogen (secondary N) is 1. The minimum Gasteiger partial charge on any atom is -0.454 e. The van der Waals surface area contributed by atoms with Crippen LogP contribution in [0.5, 0.6) is 11.5 Å². The van der Waals surface area contributed by atoms with Gasteiger partial charge in [-0.05, 0) is 23.3 Å². The average molecular weight is 404 g/mol. The van der Waals surface area contributed by atoms with Gasteiger partial charge in [-0.2, -0.15) is 5.26 Å². The van der Waals surface area contributed by atoms with Crippen LogP contribution in [0.4, 0.5) is 0 Å². The zero-order valence-electron chi connectivity index (χ0n) is 16.7. The smallest absolute Gasteiger partial charge is 0.263 e. The van der Waals surface area contributed by atoms with Gasteiger partial charge in [0.25, 0.3) is 5.91 Å². The Bertz CT molecular complexity index is 960. The summed E-state index contributed by atoms with van der Waals surface area (Å²) in [6, 6.07) is 17.9. The zero-order chi connectivity index (χ0) is 20.8. The van der Waals surface area contributed by atoms with Gasteiger partial charge in [0, 0.05) is 45.5 Å². The van der Waals surface area contributed by atoms with Crippen molar-refractivity contribution in [1.82, 2.24) is 15.1 Å². The average Bonchev–Trinajstić information content (AvgIpc) is 3.25. The second kappa shape index (κ2) is 9.33. The second-order valence-corrected chi connectivity index (χ2v) is 7.32. The third kappa shape index (κ3) is 4.91. The van der Waals surface area contributed by atoms with Crippen LogP contribution in [0.2, 0.25) is 0 Å². The van der Waals surface area contributed by atoms with Gasteiger partial charge in [0.15, 0.2) is 11.5 Å². The van der Waals surface area contributed by atoms with E-state index in [1.807, 2.05) is 35.2 Å². The highest BCUT2D eigenvalue weighted by molar-refractivity contribution is 5.97. The minimum absolute atomic E-state index is 0.118. The fourth-order valence-electron chi connectivity index (χ4n) is 3.54. The van der Waals surface area contributed by atoms with Gasteiger partial charge in [0.1, 0.15) is 11.6 Å². The Kier molecular flexibility index (Phi) is 6.16. The summed E-state index contributed by atoms with van der Waals surface area (Å²) in [5, 5.41) is 12.3. The lowest BCUT2D eigenvalue weighted by atomic mass is 10.2. The summed E-state index contributed by atoms with van der Waals surface area (Å²) in [6.45, 7) is 4.80. The van der Waals surface area contributed by atoms with Gasteiger partial charge in [-0.15, -0.1) is 0 Å². The van der Waals surface area contributed by atoms with E-state index in [0.717, 1.165) is 38.3 Å². The number of rotatable bonds is 6. The number of carbonyl (C=O) groups excluding carboxylic acids is 1. The Morgan fingerprint density at radius 1 is 1.03 bits per heavy atom. The van der Waals surface area contributed by atoms with E-state index in [4.69, 9.17) is 9.47 Å². The summed E-state index contributed by atoms with van der Waals surface area (Å²) in [4.78, 5) is 16.9. The zero-order valence-corrected chi connectivity index (χ0v) is 16.7. The van der Waals surface area contributed by atoms with Crippen molar-refractivity contribution in [1.29, 1.82) is 5.26 Å². The summed E-state index contributed by atoms with van der Waals surface area (Å²) in [6.07, 6.45) is 1.68. The molecular weight excluding hydrogens is 380 g/mol. The predicted octanol–water partition coefficient (Wildman–Crippen LogP) is 2.26. The van der Waals surface area contributed by atoms with Crippen molar-refractivity contribution in [2.75, 3.05) is 33.0 Å². The number of piperazine rings is 1. The summed E-state index contributed by atoms with van der Waals surface area (Å²) >= 11 is 0. The normalized spacial score (nSPS) is 16.2. The highest BCUT2D eigenvalue weighted by Crippen LogP contribution is 2.32. The van der Waals surface area contributed by atoms with Crippen molar-refractivity contribution in [3.63, 3.8) is 0 Å². The predicted molar refractivity (Wildman–Crippen MR) is 111 cm³/mol. The van der Waals surface area contributed by atoms with E-state index in [0.29, 0.717) is 18.0 Å². The van der Waals surface area contributed by atoms with Crippen molar-refractivity contribution < 1.29 is 14.3 Å². The summed E-state index contributed by atoms with van der Waals surface area (Å²) < 4.78 is 10.6. The number of carbonyl (C=O) groups is 1. The molecule has 0 radical (unpaired) electrons. The van der Waals surface area contributed by atoms with E-state index < -0.39 is 0 Å². The number of hydrogen-bond donors (Lipinski definition) is 1. The van der Waals surface area contributed by atoms with Crippen molar-refractivity contribution >= 4 is 5.91 Å². The number of hydrogen-bond acceptors (Lipinski definition) is 6. The van der Waals surface area contributed by atoms with Crippen LogP contribution in [-0.2, 0) is 17.9 Å². The number of benzene rings is 2. The molecule has 1 N–H and O–H groups in total. The fourth-order valence-corrected chi connectivity index (χ4v) is 3.54. The van der Waals surface area contributed by atoms with Crippen molar-refractivity contribution in [2.45, 2.75) is 13.1 Å². The van der Waals surface area contributed by atoms with E-state index in [9.17, 15) is 10.1 Å². The number of ether oxygens (including phenoxy) is 2. The Morgan fingerprint density at radius 3 is 2.57 bits per heavy atom. The van der Waals surface area contributed by atoms with Crippen molar-refractivity contribution in [3.8, 4) is 17.6 Å². The molecule has 2 aromatic carbocycles. The first-order valence-corrected chi connectivity index (χ1v) is 10.0. The first kappa shape index (κ1) is 19.8. The lowest BCUT2D eigenvalue weighted by molar-refractivity contribution is -0.117. The molecule has 2 heterocycles. The van der Waals surface area contributed by atoms with Crippen LogP contribution in [0, 0.1) is 11.3 Å². The molecule has 0 spiro atoms. The summed E-state index contributed by atoms with van der Waals surface area (Å²) in [5.41, 5.74) is 2.30. The molecule has 0 aromatic heterocycles. The van der Waals surface area contributed by atoms with Crippen LogP contribution < -0.4 is 14.8 Å². The SMILES string of the molecule is N#C/C(=C/N1CCN(Cc2ccccc2)CC1)C(=O)NCc1ccc2c(c1)OCO2. The molecule has 1 saturated heterocycles. The maximum absolute atomic E-state index is 12.5. The van der Waals surface area contributed by atoms with Gasteiger partial charge < -0.3 is 19.7 Å². The standard InChI is InChI=1S/C23H24N4O3/c24-13-20(23(28)25-14-19-6-7-21-22(12-19)30-17-29-21)16-27-10-8-26(9-11-27)15-18-4-2-1-3-5-18/h1-7,12,16H,8-11,14-15,17H2,(H,25,28)/b20-16-. The maximum atomic E-state index is 12.5. The van der Waals surface area contributed by atoms with Crippen LogP contribution >= 0.6 is 0 Å². The monoisotopic (exact) mass is 404 g/mol. The van der Waals surface area contributed by atoms with Crippen molar-refractivity contribution in [2.24, 2.45) is 0 Å². The molecule has 2 aliphatic heterocycles. The van der Waals surface area contributed by atoms with Gasteiger partial charge in [0.05, 0.1) is 0 Å². The first-order chi connectivity index (χ1) is 14.7. The molecule has 2 aliphatic rings. The van der Waals surface area contributed by atoms with Crippen LogP contribution in [0.3, 0.4) is 0 Å². The Balaban J connectivity index is 1.28. The maximum Gasteiger partial charge on any atom is 0.263 e. The fraction of sp³-hybridized carbons (Fsp3) is 0.304. The van der Waals surface area contributed by atoms with Crippen molar-refractivity contribution in [3.05, 3.63) is 71.4 Å². The lowest BCUT2D eigenvalue weighted by Crippen LogP contribution is -2.44. The second-order valence-electron chi connectivity index (χ2n) is 7.32. The number of fused-ring (bicyclic) bond motifs is 1. The molecule has 4 rings (SSSR count). The largest absolute Gasteiger partial charge is 0.454 e. The number of nitriles is 1. The molecule has 1 fully saturated rings. The van der Waals surface area contributed by atoms with Gasteiger partial charge in [-0.3, -0.25) is 9.69 Å². The van der Waals surface area contributed by atoms with Crippen LogP contribution in [0.1, 0.15) is 11.1 Å². The molecule has 7 heteroatoms. The molecule has 0 bridgehead atoms. The minimum atomic E-state index is -0.373. The molecule has 0 atom stereocenters. The molecule has 1 amide bonds. The van der Waals surface area contributed by atoms with Crippen LogP contribution in [0.25, 0.3) is 0 Å². The molecule has 30 heavy (non-hydrogen) atoms. The summed E-state index contributed by atoms with van der Waals surface area (Å²) in [5.74, 6) is 1.00. The highest BCUT2D eigenvalue weighted by atomic mass is 16.7. The van der Waals surface area contributed by atoms with E-state index in [1.165, 1.54) is 5.56 Å². The first-order valence-electron chi connectivity index (χ1n) is 10.0. The molecule has 7 nitrogen and oxygen atoms in total. The van der Waals surface area contributed by atoms with E-state index in [1.54, 1.807) is 6.20 Å². The van der Waals surface area contributed by atoms with E-state index in [-0.39, 0.29) is 18.3 Å². The van der Waals surface area contributed by atoms with Crippen LogP contribution in [0.15, 0.2) is 60.3 Å².